The predicted octanol–water partition coefficient (Wildman–Crippen LogP) is 4.74. The van der Waals surface area contributed by atoms with E-state index < -0.39 is 0 Å². The van der Waals surface area contributed by atoms with Crippen LogP contribution >= 0.6 is 22.7 Å². The van der Waals surface area contributed by atoms with Crippen molar-refractivity contribution >= 4 is 34.2 Å². The van der Waals surface area contributed by atoms with Gasteiger partial charge in [0, 0.05) is 34.3 Å². The van der Waals surface area contributed by atoms with E-state index in [0.29, 0.717) is 16.3 Å². The van der Waals surface area contributed by atoms with Crippen LogP contribution in [0.25, 0.3) is 0 Å². The molecule has 27 heavy (non-hydrogen) atoms. The molecule has 4 rings (SSSR count). The minimum absolute atomic E-state index is 0.00407. The molecule has 134 valence electrons. The number of thiazole rings is 2. The maximum atomic E-state index is 11.7. The van der Waals surface area contributed by atoms with Gasteiger partial charge in [0.05, 0.1) is 0 Å². The largest absolute Gasteiger partial charge is 0.410 e. The summed E-state index contributed by atoms with van der Waals surface area (Å²) in [5.41, 5.74) is 2.07. The Balaban J connectivity index is 0.000000156. The fraction of sp³-hybridized carbons (Fsp3) is 0. The topological polar surface area (TPSA) is 75.4 Å². The zero-order valence-electron chi connectivity index (χ0n) is 14.1. The summed E-state index contributed by atoms with van der Waals surface area (Å²) in [5.74, 6) is -0.00407. The highest BCUT2D eigenvalue weighted by molar-refractivity contribution is 7.12. The van der Waals surface area contributed by atoms with E-state index in [2.05, 4.69) is 15.1 Å². The molecule has 2 aromatic heterocycles. The van der Waals surface area contributed by atoms with Gasteiger partial charge in [-0.15, -0.1) is 22.7 Å². The predicted molar refractivity (Wildman–Crippen MR) is 108 cm³/mol. The Bertz CT molecular complexity index is 984. The molecule has 0 bridgehead atoms. The number of carbonyl (C=O) groups is 1. The number of hydrogen-bond donors (Lipinski definition) is 1. The number of carbonyl (C=O) groups excluding carboxylic acids is 1. The SMILES string of the molecule is O/N=C(\c1ccccc1)c1nccs1.O=C(c1ccccc1)c1nccs1. The van der Waals surface area contributed by atoms with Crippen LogP contribution in [0.3, 0.4) is 0 Å². The fourth-order valence-electron chi connectivity index (χ4n) is 2.21. The molecule has 0 spiro atoms. The number of benzene rings is 2. The van der Waals surface area contributed by atoms with Gasteiger partial charge in [-0.25, -0.2) is 9.97 Å². The second-order valence-electron chi connectivity index (χ2n) is 5.18. The van der Waals surface area contributed by atoms with Crippen LogP contribution in [0.4, 0.5) is 0 Å². The van der Waals surface area contributed by atoms with Gasteiger partial charge in [0.1, 0.15) is 10.7 Å². The number of oxime groups is 1. The quantitative estimate of drug-likeness (QED) is 0.235. The molecular weight excluding hydrogens is 378 g/mol. The van der Waals surface area contributed by atoms with Gasteiger partial charge >= 0.3 is 0 Å². The molecule has 0 aliphatic carbocycles. The van der Waals surface area contributed by atoms with Crippen molar-refractivity contribution in [3.05, 3.63) is 105 Å². The zero-order valence-corrected chi connectivity index (χ0v) is 15.7. The van der Waals surface area contributed by atoms with Crippen LogP contribution in [-0.2, 0) is 0 Å². The molecule has 0 aliphatic rings. The van der Waals surface area contributed by atoms with E-state index in [1.54, 1.807) is 29.9 Å². The Morgan fingerprint density at radius 3 is 1.78 bits per heavy atom. The Kier molecular flexibility index (Phi) is 6.56. The highest BCUT2D eigenvalue weighted by Gasteiger charge is 2.10. The first-order chi connectivity index (χ1) is 13.3. The third-order valence-electron chi connectivity index (χ3n) is 3.44. The van der Waals surface area contributed by atoms with E-state index in [9.17, 15) is 4.79 Å². The van der Waals surface area contributed by atoms with E-state index in [4.69, 9.17) is 5.21 Å². The van der Waals surface area contributed by atoms with Gasteiger partial charge in [0.2, 0.25) is 5.78 Å². The van der Waals surface area contributed by atoms with Crippen molar-refractivity contribution < 1.29 is 10.0 Å². The van der Waals surface area contributed by atoms with Gasteiger partial charge in [0.15, 0.2) is 5.01 Å². The molecule has 1 N–H and O–H groups in total. The second kappa shape index (κ2) is 9.51. The Labute approximate surface area is 164 Å². The molecule has 0 unspecified atom stereocenters. The van der Waals surface area contributed by atoms with Gasteiger partial charge in [0.25, 0.3) is 0 Å². The average molecular weight is 393 g/mol. The van der Waals surface area contributed by atoms with Crippen molar-refractivity contribution in [2.75, 3.05) is 0 Å². The monoisotopic (exact) mass is 393 g/mol. The standard InChI is InChI=1S/C10H8N2OS.C10H7NOS/c13-12-9(10-11-6-7-14-10)8-4-2-1-3-5-8;12-9(10-11-6-7-13-10)8-4-2-1-3-5-8/h1-7,13H;1-7H/b12-9+;. The smallest absolute Gasteiger partial charge is 0.221 e. The molecule has 4 aromatic rings. The molecule has 0 aliphatic heterocycles. The molecule has 0 fully saturated rings. The molecular formula is C20H15N3O2S2. The molecule has 5 nitrogen and oxygen atoms in total. The molecule has 7 heteroatoms. The van der Waals surface area contributed by atoms with Crippen molar-refractivity contribution in [3.8, 4) is 0 Å². The van der Waals surface area contributed by atoms with Crippen molar-refractivity contribution in [3.63, 3.8) is 0 Å². The summed E-state index contributed by atoms with van der Waals surface area (Å²) in [7, 11) is 0. The van der Waals surface area contributed by atoms with Crippen LogP contribution in [0.1, 0.15) is 25.9 Å². The van der Waals surface area contributed by atoms with Crippen LogP contribution in [-0.4, -0.2) is 26.7 Å². The lowest BCUT2D eigenvalue weighted by atomic mass is 10.1. The summed E-state index contributed by atoms with van der Waals surface area (Å²) >= 11 is 2.81. The zero-order chi connectivity index (χ0) is 18.9. The minimum atomic E-state index is -0.00407. The summed E-state index contributed by atoms with van der Waals surface area (Å²) < 4.78 is 0. The number of aromatic nitrogens is 2. The first-order valence-electron chi connectivity index (χ1n) is 7.96. The molecule has 2 aromatic carbocycles. The summed E-state index contributed by atoms with van der Waals surface area (Å²) in [6, 6.07) is 18.7. The Morgan fingerprint density at radius 2 is 1.30 bits per heavy atom. The summed E-state index contributed by atoms with van der Waals surface area (Å²) in [6.45, 7) is 0. The average Bonchev–Trinajstić information content (AvgIpc) is 3.45. The highest BCUT2D eigenvalue weighted by atomic mass is 32.1. The maximum Gasteiger partial charge on any atom is 0.221 e. The van der Waals surface area contributed by atoms with E-state index in [-0.39, 0.29) is 5.78 Å². The number of ketones is 1. The Hall–Kier alpha value is -3.16. The Morgan fingerprint density at radius 1 is 0.778 bits per heavy atom. The van der Waals surface area contributed by atoms with Crippen molar-refractivity contribution in [2.24, 2.45) is 5.16 Å². The van der Waals surface area contributed by atoms with Gasteiger partial charge in [-0.05, 0) is 0 Å². The lowest BCUT2D eigenvalue weighted by Gasteiger charge is -1.99. The third-order valence-corrected chi connectivity index (χ3v) is 5.00. The molecule has 0 saturated carbocycles. The lowest BCUT2D eigenvalue weighted by molar-refractivity contribution is 0.103. The van der Waals surface area contributed by atoms with Crippen molar-refractivity contribution in [2.45, 2.75) is 0 Å². The number of hydrogen-bond acceptors (Lipinski definition) is 7. The molecule has 2 heterocycles. The summed E-state index contributed by atoms with van der Waals surface area (Å²) in [5, 5.41) is 17.1. The molecule has 0 radical (unpaired) electrons. The first-order valence-corrected chi connectivity index (χ1v) is 9.72. The van der Waals surface area contributed by atoms with Gasteiger partial charge in [-0.1, -0.05) is 65.8 Å². The van der Waals surface area contributed by atoms with Gasteiger partial charge in [-0.2, -0.15) is 0 Å². The van der Waals surface area contributed by atoms with Crippen LogP contribution in [0.2, 0.25) is 0 Å². The molecule has 0 amide bonds. The van der Waals surface area contributed by atoms with E-state index in [1.165, 1.54) is 22.7 Å². The minimum Gasteiger partial charge on any atom is -0.410 e. The van der Waals surface area contributed by atoms with E-state index in [1.807, 2.05) is 53.9 Å². The van der Waals surface area contributed by atoms with E-state index in [0.717, 1.165) is 10.6 Å². The van der Waals surface area contributed by atoms with Crippen LogP contribution < -0.4 is 0 Å². The second-order valence-corrected chi connectivity index (χ2v) is 6.97. The lowest BCUT2D eigenvalue weighted by Crippen LogP contribution is -2.01. The van der Waals surface area contributed by atoms with Gasteiger partial charge in [-0.3, -0.25) is 4.79 Å². The third kappa shape index (κ3) is 4.93. The van der Waals surface area contributed by atoms with Crippen LogP contribution in [0, 0.1) is 0 Å². The van der Waals surface area contributed by atoms with Crippen molar-refractivity contribution in [1.82, 2.24) is 9.97 Å². The van der Waals surface area contributed by atoms with Crippen LogP contribution in [0.15, 0.2) is 89.0 Å². The molecule has 0 atom stereocenters. The van der Waals surface area contributed by atoms with E-state index >= 15 is 0 Å². The first kappa shape index (κ1) is 18.6. The number of rotatable bonds is 4. The summed E-state index contributed by atoms with van der Waals surface area (Å²) in [6.07, 6.45) is 3.33. The normalized spacial score (nSPS) is 10.7. The number of nitrogens with zero attached hydrogens (tertiary/aromatic N) is 3. The van der Waals surface area contributed by atoms with Crippen LogP contribution in [0.5, 0.6) is 0 Å². The summed E-state index contributed by atoms with van der Waals surface area (Å²) in [4.78, 5) is 19.7. The fourth-order valence-corrected chi connectivity index (χ4v) is 3.45. The maximum absolute atomic E-state index is 11.7. The highest BCUT2D eigenvalue weighted by Crippen LogP contribution is 2.13. The van der Waals surface area contributed by atoms with Gasteiger partial charge < -0.3 is 5.21 Å². The molecule has 0 saturated heterocycles. The van der Waals surface area contributed by atoms with Crippen molar-refractivity contribution in [1.29, 1.82) is 0 Å².